The molecule has 0 spiro atoms. The molecular formula is C18H12Cl2N4O2S. The number of halogens is 2. The van der Waals surface area contributed by atoms with Crippen molar-refractivity contribution < 1.29 is 9.53 Å². The summed E-state index contributed by atoms with van der Waals surface area (Å²) in [6.07, 6.45) is 0. The quantitative estimate of drug-likeness (QED) is 0.504. The van der Waals surface area contributed by atoms with Crippen LogP contribution in [-0.2, 0) is 0 Å². The van der Waals surface area contributed by atoms with Gasteiger partial charge in [-0.25, -0.2) is 4.52 Å². The first-order valence-corrected chi connectivity index (χ1v) is 9.44. The zero-order chi connectivity index (χ0) is 19.0. The minimum absolute atomic E-state index is 0.210. The van der Waals surface area contributed by atoms with Crippen LogP contribution in [0.25, 0.3) is 16.2 Å². The van der Waals surface area contributed by atoms with E-state index in [9.17, 15) is 4.79 Å². The average molecular weight is 419 g/mol. The van der Waals surface area contributed by atoms with Crippen molar-refractivity contribution in [2.75, 3.05) is 12.4 Å². The number of thiazole rings is 1. The van der Waals surface area contributed by atoms with Crippen molar-refractivity contribution in [3.05, 3.63) is 63.5 Å². The number of anilines is 1. The van der Waals surface area contributed by atoms with Crippen LogP contribution in [0, 0.1) is 0 Å². The van der Waals surface area contributed by atoms with Gasteiger partial charge in [0.15, 0.2) is 0 Å². The molecule has 0 bridgehead atoms. The summed E-state index contributed by atoms with van der Waals surface area (Å²) >= 11 is 13.3. The van der Waals surface area contributed by atoms with E-state index in [1.165, 1.54) is 17.4 Å². The molecule has 0 fully saturated rings. The predicted octanol–water partition coefficient (Wildman–Crippen LogP) is 5.03. The number of hydrogen-bond donors (Lipinski definition) is 1. The Morgan fingerprint density at radius 3 is 2.81 bits per heavy atom. The Bertz CT molecular complexity index is 1160. The summed E-state index contributed by atoms with van der Waals surface area (Å²) < 4.78 is 6.96. The van der Waals surface area contributed by atoms with Crippen LogP contribution in [0.15, 0.2) is 47.8 Å². The van der Waals surface area contributed by atoms with Crippen LogP contribution in [0.3, 0.4) is 0 Å². The third kappa shape index (κ3) is 3.49. The molecule has 2 heterocycles. The summed E-state index contributed by atoms with van der Waals surface area (Å²) in [6, 6.07) is 12.3. The normalized spacial score (nSPS) is 10.9. The first-order chi connectivity index (χ1) is 13.0. The molecule has 0 unspecified atom stereocenters. The first kappa shape index (κ1) is 17.8. The molecule has 136 valence electrons. The van der Waals surface area contributed by atoms with Crippen LogP contribution in [-0.4, -0.2) is 27.6 Å². The summed E-state index contributed by atoms with van der Waals surface area (Å²) in [7, 11) is 1.62. The SMILES string of the molecule is COc1cccc(-c2csc3nc(NC(=O)c4ccc(Cl)c(Cl)c4)nn23)c1. The fourth-order valence-corrected chi connectivity index (χ4v) is 3.66. The molecule has 4 aromatic rings. The lowest BCUT2D eigenvalue weighted by molar-refractivity contribution is 0.102. The molecule has 2 aromatic carbocycles. The molecule has 1 amide bonds. The number of benzene rings is 2. The Hall–Kier alpha value is -2.61. The Balaban J connectivity index is 1.63. The molecule has 4 rings (SSSR count). The van der Waals surface area contributed by atoms with E-state index >= 15 is 0 Å². The van der Waals surface area contributed by atoms with Crippen molar-refractivity contribution in [3.63, 3.8) is 0 Å². The highest BCUT2D eigenvalue weighted by atomic mass is 35.5. The Kier molecular flexibility index (Phi) is 4.73. The third-order valence-corrected chi connectivity index (χ3v) is 5.41. The molecule has 6 nitrogen and oxygen atoms in total. The molecule has 0 aliphatic rings. The predicted molar refractivity (Wildman–Crippen MR) is 107 cm³/mol. The van der Waals surface area contributed by atoms with Crippen molar-refractivity contribution >= 4 is 51.4 Å². The molecule has 0 radical (unpaired) electrons. The van der Waals surface area contributed by atoms with Gasteiger partial charge in [0.1, 0.15) is 5.75 Å². The second-order valence-corrected chi connectivity index (χ2v) is 7.22. The molecule has 0 aliphatic carbocycles. The average Bonchev–Trinajstić information content (AvgIpc) is 3.24. The summed E-state index contributed by atoms with van der Waals surface area (Å²) in [4.78, 5) is 17.4. The van der Waals surface area contributed by atoms with Gasteiger partial charge in [-0.3, -0.25) is 10.1 Å². The van der Waals surface area contributed by atoms with Crippen LogP contribution in [0.1, 0.15) is 10.4 Å². The highest BCUT2D eigenvalue weighted by Gasteiger charge is 2.15. The van der Waals surface area contributed by atoms with Crippen LogP contribution in [0.2, 0.25) is 10.0 Å². The van der Waals surface area contributed by atoms with E-state index in [1.54, 1.807) is 23.8 Å². The largest absolute Gasteiger partial charge is 0.497 e. The monoisotopic (exact) mass is 418 g/mol. The summed E-state index contributed by atoms with van der Waals surface area (Å²) in [5, 5.41) is 9.72. The van der Waals surface area contributed by atoms with Gasteiger partial charge in [-0.05, 0) is 30.3 Å². The standard InChI is InChI=1S/C18H12Cl2N4O2S/c1-26-12-4-2-3-10(7-12)15-9-27-18-22-17(23-24(15)18)21-16(25)11-5-6-13(19)14(20)8-11/h2-9H,1H3,(H,21,23,25). The Morgan fingerprint density at radius 1 is 1.19 bits per heavy atom. The van der Waals surface area contributed by atoms with E-state index in [0.29, 0.717) is 20.6 Å². The van der Waals surface area contributed by atoms with E-state index in [4.69, 9.17) is 27.9 Å². The minimum Gasteiger partial charge on any atom is -0.497 e. The van der Waals surface area contributed by atoms with Gasteiger partial charge in [-0.1, -0.05) is 35.3 Å². The van der Waals surface area contributed by atoms with Crippen LogP contribution in [0.4, 0.5) is 5.95 Å². The van der Waals surface area contributed by atoms with Crippen molar-refractivity contribution in [1.29, 1.82) is 0 Å². The topological polar surface area (TPSA) is 68.5 Å². The number of aromatic nitrogens is 3. The number of carbonyl (C=O) groups excluding carboxylic acids is 1. The molecule has 1 N–H and O–H groups in total. The third-order valence-electron chi connectivity index (χ3n) is 3.85. The highest BCUT2D eigenvalue weighted by molar-refractivity contribution is 7.15. The van der Waals surface area contributed by atoms with Gasteiger partial charge in [-0.2, -0.15) is 4.98 Å². The summed E-state index contributed by atoms with van der Waals surface area (Å²) in [6.45, 7) is 0. The van der Waals surface area contributed by atoms with E-state index in [-0.39, 0.29) is 11.9 Å². The number of carbonyl (C=O) groups is 1. The second-order valence-electron chi connectivity index (χ2n) is 5.57. The number of nitrogens with zero attached hydrogens (tertiary/aromatic N) is 3. The maximum absolute atomic E-state index is 12.4. The van der Waals surface area contributed by atoms with E-state index in [2.05, 4.69) is 15.4 Å². The number of amides is 1. The van der Waals surface area contributed by atoms with E-state index in [1.807, 2.05) is 29.6 Å². The van der Waals surface area contributed by atoms with Crippen LogP contribution >= 0.6 is 34.5 Å². The molecule has 9 heteroatoms. The zero-order valence-corrected chi connectivity index (χ0v) is 16.3. The smallest absolute Gasteiger partial charge is 0.258 e. The Labute approximate surface area is 168 Å². The van der Waals surface area contributed by atoms with Crippen molar-refractivity contribution in [3.8, 4) is 17.0 Å². The van der Waals surface area contributed by atoms with E-state index in [0.717, 1.165) is 17.0 Å². The number of nitrogens with one attached hydrogen (secondary N) is 1. The van der Waals surface area contributed by atoms with Gasteiger partial charge in [-0.15, -0.1) is 16.4 Å². The lowest BCUT2D eigenvalue weighted by Gasteiger charge is -2.03. The fraction of sp³-hybridized carbons (Fsp3) is 0.0556. The highest BCUT2D eigenvalue weighted by Crippen LogP contribution is 2.28. The molecule has 27 heavy (non-hydrogen) atoms. The van der Waals surface area contributed by atoms with Crippen molar-refractivity contribution in [1.82, 2.24) is 14.6 Å². The van der Waals surface area contributed by atoms with Crippen molar-refractivity contribution in [2.24, 2.45) is 0 Å². The summed E-state index contributed by atoms with van der Waals surface area (Å²) in [5.41, 5.74) is 2.17. The lowest BCUT2D eigenvalue weighted by atomic mass is 10.2. The molecule has 0 saturated heterocycles. The van der Waals surface area contributed by atoms with Gasteiger partial charge in [0.2, 0.25) is 4.96 Å². The minimum atomic E-state index is -0.366. The van der Waals surface area contributed by atoms with Gasteiger partial charge in [0, 0.05) is 16.5 Å². The van der Waals surface area contributed by atoms with Gasteiger partial charge in [0.05, 0.1) is 22.8 Å². The first-order valence-electron chi connectivity index (χ1n) is 7.80. The molecule has 2 aromatic heterocycles. The zero-order valence-electron chi connectivity index (χ0n) is 13.9. The van der Waals surface area contributed by atoms with E-state index < -0.39 is 0 Å². The Morgan fingerprint density at radius 2 is 2.04 bits per heavy atom. The van der Waals surface area contributed by atoms with Crippen LogP contribution < -0.4 is 10.1 Å². The summed E-state index contributed by atoms with van der Waals surface area (Å²) in [5.74, 6) is 0.594. The molecule has 0 saturated carbocycles. The van der Waals surface area contributed by atoms with Gasteiger partial charge < -0.3 is 4.74 Å². The number of rotatable bonds is 4. The molecular weight excluding hydrogens is 407 g/mol. The second kappa shape index (κ2) is 7.19. The number of hydrogen-bond acceptors (Lipinski definition) is 5. The molecule has 0 aliphatic heterocycles. The van der Waals surface area contributed by atoms with Gasteiger partial charge >= 0.3 is 0 Å². The maximum Gasteiger partial charge on any atom is 0.258 e. The number of methoxy groups -OCH3 is 1. The molecule has 0 atom stereocenters. The number of ether oxygens (including phenoxy) is 1. The fourth-order valence-electron chi connectivity index (χ4n) is 2.53. The maximum atomic E-state index is 12.4. The van der Waals surface area contributed by atoms with Crippen molar-refractivity contribution in [2.45, 2.75) is 0 Å². The van der Waals surface area contributed by atoms with Crippen LogP contribution in [0.5, 0.6) is 5.75 Å². The van der Waals surface area contributed by atoms with Gasteiger partial charge in [0.25, 0.3) is 11.9 Å². The lowest BCUT2D eigenvalue weighted by Crippen LogP contribution is -2.13. The number of fused-ring (bicyclic) bond motifs is 1.